The van der Waals surface area contributed by atoms with Crippen molar-refractivity contribution in [3.8, 4) is 0 Å². The number of alkyl halides is 4. The van der Waals surface area contributed by atoms with Crippen LogP contribution in [0.25, 0.3) is 0 Å². The maximum absolute atomic E-state index is 12.3. The Balaban J connectivity index is 4.21. The van der Waals surface area contributed by atoms with Crippen LogP contribution in [0.4, 0.5) is 17.6 Å². The van der Waals surface area contributed by atoms with Gasteiger partial charge in [-0.2, -0.15) is 8.78 Å². The van der Waals surface area contributed by atoms with Crippen LogP contribution in [0.2, 0.25) is 0 Å². The van der Waals surface area contributed by atoms with Gasteiger partial charge in [-0.15, -0.1) is 0 Å². The summed E-state index contributed by atoms with van der Waals surface area (Å²) in [5.41, 5.74) is 0. The van der Waals surface area contributed by atoms with E-state index < -0.39 is 36.7 Å². The number of rotatable bonds is 5. The lowest BCUT2D eigenvalue weighted by molar-refractivity contribution is -0.169. The maximum atomic E-state index is 12.3. The molecule has 0 aromatic rings. The van der Waals surface area contributed by atoms with Crippen LogP contribution < -0.4 is 5.32 Å². The first kappa shape index (κ1) is 13.7. The highest BCUT2D eigenvalue weighted by Gasteiger charge is 2.48. The second-order valence-electron chi connectivity index (χ2n) is 2.87. The Morgan fingerprint density at radius 2 is 1.87 bits per heavy atom. The number of nitrogens with one attached hydrogen (secondary N) is 1. The largest absolute Gasteiger partial charge is 0.481 e. The standard InChI is InChI=1S/C7H9F4NO3/c1-3(4(13)14)2-12-6(15)7(10,11)5(8)9/h3,5H,2H2,1H3,(H,12,15)(H,13,14). The molecule has 88 valence electrons. The van der Waals surface area contributed by atoms with Gasteiger partial charge < -0.3 is 10.4 Å². The van der Waals surface area contributed by atoms with Crippen LogP contribution in [-0.2, 0) is 9.59 Å². The monoisotopic (exact) mass is 231 g/mol. The summed E-state index contributed by atoms with van der Waals surface area (Å²) < 4.78 is 47.8. The second-order valence-corrected chi connectivity index (χ2v) is 2.87. The van der Waals surface area contributed by atoms with Crippen molar-refractivity contribution in [2.24, 2.45) is 5.92 Å². The molecule has 0 aromatic heterocycles. The van der Waals surface area contributed by atoms with Gasteiger partial charge >= 0.3 is 18.3 Å². The Morgan fingerprint density at radius 1 is 1.40 bits per heavy atom. The smallest absolute Gasteiger partial charge is 0.383 e. The van der Waals surface area contributed by atoms with Crippen LogP contribution in [0.5, 0.6) is 0 Å². The molecule has 0 saturated carbocycles. The molecule has 0 aliphatic rings. The fourth-order valence-corrected chi connectivity index (χ4v) is 0.550. The van der Waals surface area contributed by atoms with Crippen LogP contribution >= 0.6 is 0 Å². The van der Waals surface area contributed by atoms with E-state index >= 15 is 0 Å². The summed E-state index contributed by atoms with van der Waals surface area (Å²) in [6.07, 6.45) is -4.11. The van der Waals surface area contributed by atoms with E-state index in [1.165, 1.54) is 5.32 Å². The summed E-state index contributed by atoms with van der Waals surface area (Å²) in [4.78, 5) is 20.7. The van der Waals surface area contributed by atoms with Gasteiger partial charge in [0, 0.05) is 6.54 Å². The molecule has 4 nitrogen and oxygen atoms in total. The number of carboxylic acids is 1. The third-order valence-corrected chi connectivity index (χ3v) is 1.57. The zero-order chi connectivity index (χ0) is 12.2. The number of hydrogen-bond donors (Lipinski definition) is 2. The number of carbonyl (C=O) groups excluding carboxylic acids is 1. The van der Waals surface area contributed by atoms with Gasteiger partial charge in [-0.1, -0.05) is 6.92 Å². The second kappa shape index (κ2) is 4.94. The number of hydrogen-bond acceptors (Lipinski definition) is 2. The molecule has 0 radical (unpaired) electrons. The number of aliphatic carboxylic acids is 1. The SMILES string of the molecule is CC(CNC(=O)C(F)(F)C(F)F)C(=O)O. The summed E-state index contributed by atoms with van der Waals surface area (Å²) in [5, 5.41) is 9.76. The van der Waals surface area contributed by atoms with Crippen molar-refractivity contribution in [1.82, 2.24) is 5.32 Å². The van der Waals surface area contributed by atoms with Crippen molar-refractivity contribution in [3.05, 3.63) is 0 Å². The van der Waals surface area contributed by atoms with Gasteiger partial charge in [0.25, 0.3) is 5.91 Å². The van der Waals surface area contributed by atoms with Gasteiger partial charge in [0.15, 0.2) is 0 Å². The minimum absolute atomic E-state index is 0.628. The molecule has 0 aliphatic carbocycles. The van der Waals surface area contributed by atoms with Crippen LogP contribution in [0.15, 0.2) is 0 Å². The molecule has 0 aliphatic heterocycles. The summed E-state index contributed by atoms with van der Waals surface area (Å²) in [6, 6.07) is 0. The van der Waals surface area contributed by atoms with E-state index in [2.05, 4.69) is 0 Å². The van der Waals surface area contributed by atoms with Crippen LogP contribution in [0, 0.1) is 5.92 Å². The lowest BCUT2D eigenvalue weighted by Crippen LogP contribution is -2.46. The third kappa shape index (κ3) is 3.72. The highest BCUT2D eigenvalue weighted by Crippen LogP contribution is 2.22. The summed E-state index contributed by atoms with van der Waals surface area (Å²) in [6.45, 7) is 0.513. The molecule has 0 aromatic carbocycles. The van der Waals surface area contributed by atoms with Crippen molar-refractivity contribution in [2.75, 3.05) is 6.54 Å². The van der Waals surface area contributed by atoms with Gasteiger partial charge in [-0.25, -0.2) is 8.78 Å². The molecule has 15 heavy (non-hydrogen) atoms. The van der Waals surface area contributed by atoms with E-state index in [0.29, 0.717) is 0 Å². The Bertz CT molecular complexity index is 257. The van der Waals surface area contributed by atoms with Crippen LogP contribution in [0.1, 0.15) is 6.92 Å². The average molecular weight is 231 g/mol. The molecule has 0 bridgehead atoms. The van der Waals surface area contributed by atoms with E-state index in [1.807, 2.05) is 0 Å². The maximum Gasteiger partial charge on any atom is 0.383 e. The number of carboxylic acid groups (broad SMARTS) is 1. The van der Waals surface area contributed by atoms with Gasteiger partial charge in [0.05, 0.1) is 5.92 Å². The lowest BCUT2D eigenvalue weighted by atomic mass is 10.2. The van der Waals surface area contributed by atoms with Gasteiger partial charge in [0.1, 0.15) is 0 Å². The molecule has 1 atom stereocenters. The Kier molecular flexibility index (Phi) is 4.50. The average Bonchev–Trinajstić information content (AvgIpc) is 2.12. The van der Waals surface area contributed by atoms with Crippen LogP contribution in [0.3, 0.4) is 0 Å². The van der Waals surface area contributed by atoms with Crippen molar-refractivity contribution >= 4 is 11.9 Å². The molecule has 2 N–H and O–H groups in total. The van der Waals surface area contributed by atoms with E-state index in [-0.39, 0.29) is 0 Å². The molecular weight excluding hydrogens is 222 g/mol. The summed E-state index contributed by atoms with van der Waals surface area (Å²) in [7, 11) is 0. The number of halogens is 4. The highest BCUT2D eigenvalue weighted by atomic mass is 19.3. The zero-order valence-corrected chi connectivity index (χ0v) is 7.64. The minimum atomic E-state index is -4.79. The van der Waals surface area contributed by atoms with E-state index in [4.69, 9.17) is 5.11 Å². The molecule has 0 fully saturated rings. The molecule has 1 unspecified atom stereocenters. The predicted molar refractivity (Wildman–Crippen MR) is 40.8 cm³/mol. The molecule has 0 spiro atoms. The van der Waals surface area contributed by atoms with Gasteiger partial charge in [-0.05, 0) is 0 Å². The predicted octanol–water partition coefficient (Wildman–Crippen LogP) is 0.724. The molecule has 1 amide bonds. The Morgan fingerprint density at radius 3 is 2.20 bits per heavy atom. The zero-order valence-electron chi connectivity index (χ0n) is 7.64. The van der Waals surface area contributed by atoms with Gasteiger partial charge in [-0.3, -0.25) is 9.59 Å². The first-order chi connectivity index (χ1) is 6.69. The normalized spacial score (nSPS) is 13.7. The van der Waals surface area contributed by atoms with E-state index in [0.717, 1.165) is 6.92 Å². The van der Waals surface area contributed by atoms with Crippen molar-refractivity contribution in [1.29, 1.82) is 0 Å². The third-order valence-electron chi connectivity index (χ3n) is 1.57. The summed E-state index contributed by atoms with van der Waals surface area (Å²) >= 11 is 0. The lowest BCUT2D eigenvalue weighted by Gasteiger charge is -2.15. The van der Waals surface area contributed by atoms with Crippen molar-refractivity contribution < 1.29 is 32.3 Å². The van der Waals surface area contributed by atoms with Crippen LogP contribution in [-0.4, -0.2) is 35.9 Å². The van der Waals surface area contributed by atoms with Gasteiger partial charge in [0.2, 0.25) is 0 Å². The van der Waals surface area contributed by atoms with Crippen molar-refractivity contribution in [3.63, 3.8) is 0 Å². The fraction of sp³-hybridized carbons (Fsp3) is 0.714. The molecule has 8 heteroatoms. The van der Waals surface area contributed by atoms with E-state index in [1.54, 1.807) is 0 Å². The van der Waals surface area contributed by atoms with E-state index in [9.17, 15) is 27.2 Å². The fourth-order valence-electron chi connectivity index (χ4n) is 0.550. The molecule has 0 rings (SSSR count). The summed E-state index contributed by atoms with van der Waals surface area (Å²) in [5.74, 6) is -9.42. The number of carbonyl (C=O) groups is 2. The molecule has 0 saturated heterocycles. The first-order valence-electron chi connectivity index (χ1n) is 3.86. The number of amides is 1. The highest BCUT2D eigenvalue weighted by molar-refractivity contribution is 5.84. The topological polar surface area (TPSA) is 66.4 Å². The Hall–Kier alpha value is -1.34. The van der Waals surface area contributed by atoms with Crippen molar-refractivity contribution in [2.45, 2.75) is 19.3 Å². The molecule has 0 heterocycles. The Labute approximate surface area is 82.3 Å². The molecular formula is C7H9F4NO3. The minimum Gasteiger partial charge on any atom is -0.481 e. The first-order valence-corrected chi connectivity index (χ1v) is 3.86. The quantitative estimate of drug-likeness (QED) is 0.685.